The number of rotatable bonds is 5. The van der Waals surface area contributed by atoms with Gasteiger partial charge in [-0.2, -0.15) is 13.2 Å². The van der Waals surface area contributed by atoms with Gasteiger partial charge in [0.15, 0.2) is 5.13 Å². The smallest absolute Gasteiger partial charge is 0.416 e. The standard InChI is InChI=1S/C19H20F3N3O3S/c1-28-17(27)12-5-7-25(8-6-12)16(26)10-15-11-29-18(24-15)23-14-4-2-3-13(9-14)19(20,21)22/h2-4,9,11-12H,5-8,10H2,1H3,(H,23,24). The Kier molecular flexibility index (Phi) is 6.41. The molecule has 10 heteroatoms. The highest BCUT2D eigenvalue weighted by Crippen LogP contribution is 2.32. The molecule has 6 nitrogen and oxygen atoms in total. The first-order valence-electron chi connectivity index (χ1n) is 9.00. The van der Waals surface area contributed by atoms with Gasteiger partial charge >= 0.3 is 12.1 Å². The van der Waals surface area contributed by atoms with E-state index >= 15 is 0 Å². The monoisotopic (exact) mass is 427 g/mol. The van der Waals surface area contributed by atoms with Gasteiger partial charge in [0.25, 0.3) is 0 Å². The van der Waals surface area contributed by atoms with E-state index in [-0.39, 0.29) is 29.9 Å². The van der Waals surface area contributed by atoms with Crippen LogP contribution in [0.2, 0.25) is 0 Å². The van der Waals surface area contributed by atoms with Gasteiger partial charge in [-0.3, -0.25) is 9.59 Å². The number of carbonyl (C=O) groups excluding carboxylic acids is 2. The number of alkyl halides is 3. The first-order chi connectivity index (χ1) is 13.8. The number of halogens is 3. The maximum absolute atomic E-state index is 12.8. The summed E-state index contributed by atoms with van der Waals surface area (Å²) in [4.78, 5) is 30.0. The number of benzene rings is 1. The third-order valence-electron chi connectivity index (χ3n) is 4.71. The molecular weight excluding hydrogens is 407 g/mol. The summed E-state index contributed by atoms with van der Waals surface area (Å²) in [6, 6.07) is 4.85. The third-order valence-corrected chi connectivity index (χ3v) is 5.51. The van der Waals surface area contributed by atoms with Crippen LogP contribution >= 0.6 is 11.3 Å². The molecule has 1 saturated heterocycles. The van der Waals surface area contributed by atoms with Crippen molar-refractivity contribution in [1.29, 1.82) is 0 Å². The molecule has 29 heavy (non-hydrogen) atoms. The summed E-state index contributed by atoms with van der Waals surface area (Å²) in [5.74, 6) is -0.516. The summed E-state index contributed by atoms with van der Waals surface area (Å²) in [5, 5.41) is 4.96. The van der Waals surface area contributed by atoms with Crippen molar-refractivity contribution in [1.82, 2.24) is 9.88 Å². The average Bonchev–Trinajstić information content (AvgIpc) is 3.13. The molecule has 1 aliphatic heterocycles. The Morgan fingerprint density at radius 1 is 1.31 bits per heavy atom. The third kappa shape index (κ3) is 5.47. The van der Waals surface area contributed by atoms with Gasteiger partial charge in [0, 0.05) is 24.2 Å². The molecular formula is C19H20F3N3O3S. The Labute approximate surface area is 169 Å². The fourth-order valence-corrected chi connectivity index (χ4v) is 3.87. The molecule has 0 unspecified atom stereocenters. The molecule has 0 saturated carbocycles. The topological polar surface area (TPSA) is 71.5 Å². The molecule has 0 spiro atoms. The van der Waals surface area contributed by atoms with E-state index in [2.05, 4.69) is 10.3 Å². The first-order valence-corrected chi connectivity index (χ1v) is 9.88. The number of nitrogens with one attached hydrogen (secondary N) is 1. The van der Waals surface area contributed by atoms with Crippen molar-refractivity contribution in [2.24, 2.45) is 5.92 Å². The van der Waals surface area contributed by atoms with Crippen LogP contribution in [0.4, 0.5) is 24.0 Å². The lowest BCUT2D eigenvalue weighted by Crippen LogP contribution is -2.41. The maximum Gasteiger partial charge on any atom is 0.416 e. The molecule has 2 heterocycles. The number of anilines is 2. The second-order valence-electron chi connectivity index (χ2n) is 6.70. The van der Waals surface area contributed by atoms with Gasteiger partial charge in [0.1, 0.15) is 0 Å². The van der Waals surface area contributed by atoms with E-state index in [0.717, 1.165) is 12.1 Å². The zero-order valence-electron chi connectivity index (χ0n) is 15.7. The van der Waals surface area contributed by atoms with Crippen molar-refractivity contribution in [3.63, 3.8) is 0 Å². The van der Waals surface area contributed by atoms with Gasteiger partial charge < -0.3 is 15.0 Å². The van der Waals surface area contributed by atoms with Crippen LogP contribution in [0, 0.1) is 5.92 Å². The number of ether oxygens (including phenoxy) is 1. The van der Waals surface area contributed by atoms with Crippen molar-refractivity contribution in [2.75, 3.05) is 25.5 Å². The number of aromatic nitrogens is 1. The van der Waals surface area contributed by atoms with E-state index in [1.165, 1.54) is 30.6 Å². The normalized spacial score (nSPS) is 15.2. The molecule has 0 aliphatic carbocycles. The fourth-order valence-electron chi connectivity index (χ4n) is 3.14. The number of amides is 1. The van der Waals surface area contributed by atoms with Crippen molar-refractivity contribution in [3.8, 4) is 0 Å². The molecule has 3 rings (SSSR count). The van der Waals surface area contributed by atoms with E-state index < -0.39 is 11.7 Å². The average molecular weight is 427 g/mol. The molecule has 1 fully saturated rings. The molecule has 1 aromatic heterocycles. The summed E-state index contributed by atoms with van der Waals surface area (Å²) in [6.07, 6.45) is -3.18. The highest BCUT2D eigenvalue weighted by Gasteiger charge is 2.30. The number of likely N-dealkylation sites (tertiary alicyclic amines) is 1. The van der Waals surface area contributed by atoms with Gasteiger partial charge in [-0.25, -0.2) is 4.98 Å². The van der Waals surface area contributed by atoms with Crippen molar-refractivity contribution in [2.45, 2.75) is 25.4 Å². The van der Waals surface area contributed by atoms with E-state index in [0.29, 0.717) is 36.8 Å². The SMILES string of the molecule is COC(=O)C1CCN(C(=O)Cc2csc(Nc3cccc(C(F)(F)F)c3)n2)CC1. The number of thiazole rings is 1. The highest BCUT2D eigenvalue weighted by molar-refractivity contribution is 7.13. The highest BCUT2D eigenvalue weighted by atomic mass is 32.1. The molecule has 0 atom stereocenters. The Hall–Kier alpha value is -2.62. The summed E-state index contributed by atoms with van der Waals surface area (Å²) in [5.41, 5.74) is 0.0753. The lowest BCUT2D eigenvalue weighted by atomic mass is 9.97. The van der Waals surface area contributed by atoms with Gasteiger partial charge in [-0.1, -0.05) is 6.07 Å². The number of hydrogen-bond acceptors (Lipinski definition) is 6. The predicted octanol–water partition coefficient (Wildman–Crippen LogP) is 3.86. The molecule has 1 amide bonds. The second kappa shape index (κ2) is 8.81. The van der Waals surface area contributed by atoms with E-state index in [1.54, 1.807) is 10.3 Å². The van der Waals surface area contributed by atoms with E-state index in [9.17, 15) is 22.8 Å². The van der Waals surface area contributed by atoms with Crippen molar-refractivity contribution < 1.29 is 27.5 Å². The molecule has 2 aromatic rings. The number of nitrogens with zero attached hydrogens (tertiary/aromatic N) is 2. The molecule has 1 N–H and O–H groups in total. The quantitative estimate of drug-likeness (QED) is 0.734. The van der Waals surface area contributed by atoms with Crippen LogP contribution < -0.4 is 5.32 Å². The van der Waals surface area contributed by atoms with Crippen LogP contribution in [-0.2, 0) is 26.9 Å². The Balaban J connectivity index is 1.56. The van der Waals surface area contributed by atoms with Gasteiger partial charge in [0.05, 0.1) is 30.7 Å². The van der Waals surface area contributed by atoms with Crippen LogP contribution in [0.15, 0.2) is 29.6 Å². The number of piperidine rings is 1. The largest absolute Gasteiger partial charge is 0.469 e. The van der Waals surface area contributed by atoms with Gasteiger partial charge in [-0.15, -0.1) is 11.3 Å². The van der Waals surface area contributed by atoms with Crippen molar-refractivity contribution in [3.05, 3.63) is 40.9 Å². The van der Waals surface area contributed by atoms with Gasteiger partial charge in [-0.05, 0) is 31.0 Å². The zero-order valence-corrected chi connectivity index (χ0v) is 16.5. The minimum atomic E-state index is -4.42. The second-order valence-corrected chi connectivity index (χ2v) is 7.56. The molecule has 1 aromatic carbocycles. The maximum atomic E-state index is 12.8. The number of esters is 1. The zero-order chi connectivity index (χ0) is 21.0. The number of methoxy groups -OCH3 is 1. The van der Waals surface area contributed by atoms with Crippen LogP contribution in [0.3, 0.4) is 0 Å². The predicted molar refractivity (Wildman–Crippen MR) is 102 cm³/mol. The van der Waals surface area contributed by atoms with Crippen LogP contribution in [-0.4, -0.2) is 42.0 Å². The molecule has 0 bridgehead atoms. The minimum Gasteiger partial charge on any atom is -0.469 e. The lowest BCUT2D eigenvalue weighted by Gasteiger charge is -2.30. The summed E-state index contributed by atoms with van der Waals surface area (Å²) in [7, 11) is 1.35. The summed E-state index contributed by atoms with van der Waals surface area (Å²) in [6.45, 7) is 0.968. The number of hydrogen-bond donors (Lipinski definition) is 1. The molecule has 0 radical (unpaired) electrons. The minimum absolute atomic E-state index is 0.0933. The fraction of sp³-hybridized carbons (Fsp3) is 0.421. The van der Waals surface area contributed by atoms with E-state index in [4.69, 9.17) is 4.74 Å². The lowest BCUT2D eigenvalue weighted by molar-refractivity contribution is -0.148. The number of carbonyl (C=O) groups is 2. The molecule has 1 aliphatic rings. The van der Waals surface area contributed by atoms with E-state index in [1.807, 2.05) is 0 Å². The van der Waals surface area contributed by atoms with Gasteiger partial charge in [0.2, 0.25) is 5.91 Å². The van der Waals surface area contributed by atoms with Crippen molar-refractivity contribution >= 4 is 34.0 Å². The Bertz CT molecular complexity index is 877. The molecule has 156 valence electrons. The van der Waals surface area contributed by atoms with Crippen LogP contribution in [0.1, 0.15) is 24.1 Å². The summed E-state index contributed by atoms with van der Waals surface area (Å²) >= 11 is 1.22. The van der Waals surface area contributed by atoms with Crippen LogP contribution in [0.5, 0.6) is 0 Å². The summed E-state index contributed by atoms with van der Waals surface area (Å²) < 4.78 is 43.2. The van der Waals surface area contributed by atoms with Crippen LogP contribution in [0.25, 0.3) is 0 Å². The first kappa shape index (κ1) is 21.1. The Morgan fingerprint density at radius 3 is 2.69 bits per heavy atom. The Morgan fingerprint density at radius 2 is 2.03 bits per heavy atom.